The molecule has 2 aromatic heterocycles. The van der Waals surface area contributed by atoms with Gasteiger partial charge in [-0.25, -0.2) is 20.1 Å². The lowest BCUT2D eigenvalue weighted by molar-refractivity contribution is 0.101. The maximum atomic E-state index is 11.0. The predicted molar refractivity (Wildman–Crippen MR) is 103 cm³/mol. The van der Waals surface area contributed by atoms with Gasteiger partial charge in [0.1, 0.15) is 17.7 Å². The number of anilines is 1. The van der Waals surface area contributed by atoms with Crippen LogP contribution in [0.3, 0.4) is 0 Å². The Morgan fingerprint density at radius 3 is 2.79 bits per heavy atom. The fourth-order valence-corrected chi connectivity index (χ4v) is 4.66. The van der Waals surface area contributed by atoms with E-state index in [0.29, 0.717) is 30.2 Å². The highest BCUT2D eigenvalue weighted by molar-refractivity contribution is 7.84. The molecule has 3 atom stereocenters. The van der Waals surface area contributed by atoms with Crippen LogP contribution in [-0.4, -0.2) is 52.2 Å². The minimum absolute atomic E-state index is 0.0661. The van der Waals surface area contributed by atoms with Gasteiger partial charge in [0, 0.05) is 17.9 Å². The van der Waals surface area contributed by atoms with E-state index in [1.54, 1.807) is 0 Å². The summed E-state index contributed by atoms with van der Waals surface area (Å²) in [6, 6.07) is -0.0661. The lowest BCUT2D eigenvalue weighted by atomic mass is 9.89. The van der Waals surface area contributed by atoms with Gasteiger partial charge in [0.15, 0.2) is 11.5 Å². The molecule has 0 saturated heterocycles. The SMILES string of the molecule is NS(=O)(=O)OC[C@@H]1C[C@@H](Nc2ncnc3nc(C4CCCCC4)[nH]c23)C[C@@H]1O. The molecule has 0 aromatic carbocycles. The van der Waals surface area contributed by atoms with Gasteiger partial charge in [0.2, 0.25) is 0 Å². The highest BCUT2D eigenvalue weighted by atomic mass is 32.2. The van der Waals surface area contributed by atoms with Gasteiger partial charge in [-0.05, 0) is 25.7 Å². The lowest BCUT2D eigenvalue weighted by Crippen LogP contribution is -2.24. The number of nitrogens with zero attached hydrogens (tertiary/aromatic N) is 3. The van der Waals surface area contributed by atoms with E-state index in [4.69, 9.17) is 5.14 Å². The summed E-state index contributed by atoms with van der Waals surface area (Å²) < 4.78 is 26.6. The monoisotopic (exact) mass is 410 g/mol. The summed E-state index contributed by atoms with van der Waals surface area (Å²) in [6.45, 7) is -0.132. The molecule has 2 aliphatic carbocycles. The van der Waals surface area contributed by atoms with Crippen molar-refractivity contribution in [2.75, 3.05) is 11.9 Å². The molecule has 10 nitrogen and oxygen atoms in total. The molecule has 0 bridgehead atoms. The van der Waals surface area contributed by atoms with Gasteiger partial charge < -0.3 is 15.4 Å². The topological polar surface area (TPSA) is 156 Å². The van der Waals surface area contributed by atoms with Gasteiger partial charge in [0.05, 0.1) is 12.7 Å². The maximum absolute atomic E-state index is 11.0. The molecule has 0 unspecified atom stereocenters. The van der Waals surface area contributed by atoms with Crippen molar-refractivity contribution in [2.24, 2.45) is 11.1 Å². The van der Waals surface area contributed by atoms with Crippen molar-refractivity contribution in [3.8, 4) is 0 Å². The Hall–Kier alpha value is -1.82. The van der Waals surface area contributed by atoms with E-state index in [2.05, 4.69) is 29.4 Å². The van der Waals surface area contributed by atoms with E-state index in [0.717, 1.165) is 24.2 Å². The Bertz CT molecular complexity index is 927. The van der Waals surface area contributed by atoms with Crippen molar-refractivity contribution in [3.63, 3.8) is 0 Å². The quantitative estimate of drug-likeness (QED) is 0.553. The average molecular weight is 411 g/mol. The van der Waals surface area contributed by atoms with Crippen LogP contribution in [0.2, 0.25) is 0 Å². The number of aliphatic hydroxyl groups is 1. The second-order valence-corrected chi connectivity index (χ2v) is 9.02. The molecule has 5 N–H and O–H groups in total. The average Bonchev–Trinajstić information content (AvgIpc) is 3.24. The number of aromatic nitrogens is 4. The van der Waals surface area contributed by atoms with E-state index in [9.17, 15) is 13.5 Å². The van der Waals surface area contributed by atoms with Crippen molar-refractivity contribution in [1.29, 1.82) is 0 Å². The smallest absolute Gasteiger partial charge is 0.333 e. The van der Waals surface area contributed by atoms with E-state index < -0.39 is 16.4 Å². The number of nitrogens with two attached hydrogens (primary N) is 1. The standard InChI is InChI=1S/C17H26N6O4S/c18-28(25,26)27-8-11-6-12(7-13(11)24)21-16-14-17(20-9-19-16)23-15(22-14)10-4-2-1-3-5-10/h9-13,24H,1-8H2,(H2,18,25,26)(H2,19,20,21,22,23)/t11-,12+,13-/m0/s1. The Morgan fingerprint density at radius 1 is 1.25 bits per heavy atom. The fraction of sp³-hybridized carbons (Fsp3) is 0.706. The van der Waals surface area contributed by atoms with Gasteiger partial charge in [-0.2, -0.15) is 8.42 Å². The van der Waals surface area contributed by atoms with E-state index in [1.807, 2.05) is 0 Å². The summed E-state index contributed by atoms with van der Waals surface area (Å²) in [5.41, 5.74) is 1.40. The van der Waals surface area contributed by atoms with Crippen LogP contribution in [0.5, 0.6) is 0 Å². The molecule has 4 rings (SSSR count). The van der Waals surface area contributed by atoms with E-state index >= 15 is 0 Å². The van der Waals surface area contributed by atoms with Gasteiger partial charge in [-0.1, -0.05) is 19.3 Å². The van der Waals surface area contributed by atoms with Crippen molar-refractivity contribution in [3.05, 3.63) is 12.2 Å². The number of imidazole rings is 1. The molecule has 0 radical (unpaired) electrons. The number of hydrogen-bond donors (Lipinski definition) is 4. The number of fused-ring (bicyclic) bond motifs is 1. The molecule has 11 heteroatoms. The van der Waals surface area contributed by atoms with Crippen LogP contribution in [0, 0.1) is 5.92 Å². The highest BCUT2D eigenvalue weighted by Crippen LogP contribution is 2.33. The normalized spacial score (nSPS) is 26.7. The van der Waals surface area contributed by atoms with Crippen LogP contribution in [0.4, 0.5) is 5.82 Å². The molecule has 2 aromatic rings. The summed E-state index contributed by atoms with van der Waals surface area (Å²) in [5.74, 6) is 1.73. The van der Waals surface area contributed by atoms with Crippen molar-refractivity contribution in [1.82, 2.24) is 19.9 Å². The molecule has 2 aliphatic rings. The zero-order chi connectivity index (χ0) is 19.7. The molecule has 0 amide bonds. The van der Waals surface area contributed by atoms with Crippen molar-refractivity contribution in [2.45, 2.75) is 63.0 Å². The third-order valence-corrected chi connectivity index (χ3v) is 6.21. The van der Waals surface area contributed by atoms with Gasteiger partial charge in [-0.3, -0.25) is 4.18 Å². The van der Waals surface area contributed by atoms with Crippen LogP contribution >= 0.6 is 0 Å². The summed E-state index contributed by atoms with van der Waals surface area (Å²) in [4.78, 5) is 16.7. The van der Waals surface area contributed by atoms with Crippen LogP contribution in [0.25, 0.3) is 11.2 Å². The first-order valence-corrected chi connectivity index (χ1v) is 11.2. The number of hydrogen-bond acceptors (Lipinski definition) is 8. The first-order valence-electron chi connectivity index (χ1n) is 9.71. The molecule has 2 heterocycles. The minimum Gasteiger partial charge on any atom is -0.393 e. The zero-order valence-electron chi connectivity index (χ0n) is 15.5. The van der Waals surface area contributed by atoms with Crippen LogP contribution < -0.4 is 10.5 Å². The van der Waals surface area contributed by atoms with Crippen LogP contribution in [0.1, 0.15) is 56.7 Å². The maximum Gasteiger partial charge on any atom is 0.333 e. The van der Waals surface area contributed by atoms with Gasteiger partial charge in [-0.15, -0.1) is 0 Å². The fourth-order valence-electron chi connectivity index (χ4n) is 4.30. The number of aliphatic hydroxyl groups excluding tert-OH is 1. The van der Waals surface area contributed by atoms with Crippen LogP contribution in [0.15, 0.2) is 6.33 Å². The minimum atomic E-state index is -4.01. The number of H-pyrrole nitrogens is 1. The number of nitrogens with one attached hydrogen (secondary N) is 2. The predicted octanol–water partition coefficient (Wildman–Crippen LogP) is 1.17. The molecule has 0 aliphatic heterocycles. The van der Waals surface area contributed by atoms with E-state index in [1.165, 1.54) is 25.6 Å². The zero-order valence-corrected chi connectivity index (χ0v) is 16.4. The largest absolute Gasteiger partial charge is 0.393 e. The molecule has 0 spiro atoms. The Balaban J connectivity index is 1.46. The summed E-state index contributed by atoms with van der Waals surface area (Å²) in [7, 11) is -4.01. The third-order valence-electron chi connectivity index (χ3n) is 5.74. The third kappa shape index (κ3) is 4.43. The second kappa shape index (κ2) is 7.90. The Labute approximate surface area is 163 Å². The summed E-state index contributed by atoms with van der Waals surface area (Å²) in [6.07, 6.45) is 7.82. The van der Waals surface area contributed by atoms with Crippen molar-refractivity contribution >= 4 is 27.3 Å². The molecular formula is C17H26N6O4S. The number of rotatable bonds is 6. The second-order valence-electron chi connectivity index (χ2n) is 7.80. The summed E-state index contributed by atoms with van der Waals surface area (Å²) in [5, 5.41) is 18.4. The summed E-state index contributed by atoms with van der Waals surface area (Å²) >= 11 is 0. The lowest BCUT2D eigenvalue weighted by Gasteiger charge is -2.19. The highest BCUT2D eigenvalue weighted by Gasteiger charge is 2.34. The first-order chi connectivity index (χ1) is 13.4. The molecular weight excluding hydrogens is 384 g/mol. The Morgan fingerprint density at radius 2 is 2.04 bits per heavy atom. The van der Waals surface area contributed by atoms with Gasteiger partial charge >= 0.3 is 10.3 Å². The van der Waals surface area contributed by atoms with Crippen LogP contribution in [-0.2, 0) is 14.5 Å². The van der Waals surface area contributed by atoms with E-state index in [-0.39, 0.29) is 18.6 Å². The van der Waals surface area contributed by atoms with Gasteiger partial charge in [0.25, 0.3) is 0 Å². The Kier molecular flexibility index (Phi) is 5.50. The molecule has 28 heavy (non-hydrogen) atoms. The number of aromatic amines is 1. The molecule has 2 saturated carbocycles. The van der Waals surface area contributed by atoms with Crippen molar-refractivity contribution < 1.29 is 17.7 Å². The molecule has 2 fully saturated rings. The molecule has 154 valence electrons. The first kappa shape index (κ1) is 19.5.